The number of primary amides is 1. The van der Waals surface area contributed by atoms with Crippen LogP contribution in [0.25, 0.3) is 0 Å². The third-order valence-corrected chi connectivity index (χ3v) is 4.55. The summed E-state index contributed by atoms with van der Waals surface area (Å²) < 4.78 is 11.1. The quantitative estimate of drug-likeness (QED) is 0.712. The van der Waals surface area contributed by atoms with Crippen LogP contribution in [0.2, 0.25) is 0 Å². The van der Waals surface area contributed by atoms with Gasteiger partial charge in [-0.25, -0.2) is 4.98 Å². The van der Waals surface area contributed by atoms with Crippen molar-refractivity contribution in [1.82, 2.24) is 10.3 Å². The first-order valence-electron chi connectivity index (χ1n) is 8.63. The molecule has 1 saturated heterocycles. The van der Waals surface area contributed by atoms with E-state index in [0.717, 1.165) is 13.1 Å². The molecule has 2 aromatic rings. The number of rotatable bonds is 6. The van der Waals surface area contributed by atoms with Crippen molar-refractivity contribution in [1.29, 1.82) is 0 Å². The van der Waals surface area contributed by atoms with Crippen LogP contribution in [0.5, 0.6) is 11.6 Å². The van der Waals surface area contributed by atoms with Gasteiger partial charge in [0.1, 0.15) is 11.4 Å². The Balaban J connectivity index is 1.66. The number of anilines is 1. The van der Waals surface area contributed by atoms with Gasteiger partial charge in [-0.15, -0.1) is 0 Å². The summed E-state index contributed by atoms with van der Waals surface area (Å²) in [6, 6.07) is 9.85. The first-order chi connectivity index (χ1) is 13.0. The van der Waals surface area contributed by atoms with E-state index < -0.39 is 11.5 Å². The third-order valence-electron chi connectivity index (χ3n) is 4.55. The van der Waals surface area contributed by atoms with Gasteiger partial charge < -0.3 is 25.8 Å². The van der Waals surface area contributed by atoms with Gasteiger partial charge in [-0.1, -0.05) is 6.07 Å². The van der Waals surface area contributed by atoms with Crippen molar-refractivity contribution in [2.45, 2.75) is 18.4 Å². The monoisotopic (exact) mass is 370 g/mol. The van der Waals surface area contributed by atoms with Crippen LogP contribution in [0.3, 0.4) is 0 Å². The Kier molecular flexibility index (Phi) is 5.68. The van der Waals surface area contributed by atoms with E-state index in [2.05, 4.69) is 15.6 Å². The Labute approximate surface area is 157 Å². The number of ether oxygens (including phenoxy) is 2. The highest BCUT2D eigenvalue weighted by Gasteiger charge is 2.39. The molecule has 1 aliphatic heterocycles. The number of hydrogen-bond acceptors (Lipinski definition) is 6. The lowest BCUT2D eigenvalue weighted by atomic mass is 9.91. The predicted octanol–water partition coefficient (Wildman–Crippen LogP) is 1.68. The van der Waals surface area contributed by atoms with E-state index in [1.54, 1.807) is 43.5 Å². The van der Waals surface area contributed by atoms with E-state index in [1.807, 2.05) is 0 Å². The lowest BCUT2D eigenvalue weighted by Crippen LogP contribution is -2.51. The number of nitrogens with two attached hydrogens (primary N) is 1. The SMILES string of the molecule is COC1(C(=O)Nc2ccc(Oc3cccc(C(N)=O)c3)nc2)CCNCC1. The number of pyridine rings is 1. The second-order valence-corrected chi connectivity index (χ2v) is 6.28. The molecule has 1 fully saturated rings. The van der Waals surface area contributed by atoms with Crippen molar-refractivity contribution in [2.75, 3.05) is 25.5 Å². The summed E-state index contributed by atoms with van der Waals surface area (Å²) in [7, 11) is 1.56. The molecule has 4 N–H and O–H groups in total. The van der Waals surface area contributed by atoms with Crippen LogP contribution in [0, 0.1) is 0 Å². The molecule has 2 heterocycles. The number of hydrogen-bond donors (Lipinski definition) is 3. The number of benzene rings is 1. The van der Waals surface area contributed by atoms with E-state index >= 15 is 0 Å². The van der Waals surface area contributed by atoms with Gasteiger partial charge in [0.25, 0.3) is 5.91 Å². The lowest BCUT2D eigenvalue weighted by Gasteiger charge is -2.34. The zero-order chi connectivity index (χ0) is 19.3. The fourth-order valence-corrected chi connectivity index (χ4v) is 2.95. The predicted molar refractivity (Wildman–Crippen MR) is 99.7 cm³/mol. The second kappa shape index (κ2) is 8.15. The van der Waals surface area contributed by atoms with Gasteiger partial charge >= 0.3 is 0 Å². The van der Waals surface area contributed by atoms with Gasteiger partial charge in [-0.3, -0.25) is 9.59 Å². The van der Waals surface area contributed by atoms with Crippen molar-refractivity contribution in [2.24, 2.45) is 5.73 Å². The number of aromatic nitrogens is 1. The summed E-state index contributed by atoms with van der Waals surface area (Å²) in [5.74, 6) is 0.0640. The van der Waals surface area contributed by atoms with E-state index in [4.69, 9.17) is 15.2 Å². The molecular formula is C19H22N4O4. The Morgan fingerprint density at radius 3 is 2.63 bits per heavy atom. The van der Waals surface area contributed by atoms with Crippen molar-refractivity contribution in [3.63, 3.8) is 0 Å². The number of nitrogens with one attached hydrogen (secondary N) is 2. The number of carbonyl (C=O) groups excluding carboxylic acids is 2. The van der Waals surface area contributed by atoms with Gasteiger partial charge in [-0.05, 0) is 50.2 Å². The molecule has 0 saturated carbocycles. The molecule has 0 aliphatic carbocycles. The molecule has 1 aromatic carbocycles. The van der Waals surface area contributed by atoms with Crippen LogP contribution in [0.15, 0.2) is 42.6 Å². The third kappa shape index (κ3) is 4.42. The minimum Gasteiger partial charge on any atom is -0.439 e. The molecule has 8 nitrogen and oxygen atoms in total. The van der Waals surface area contributed by atoms with E-state index in [0.29, 0.717) is 35.7 Å². The summed E-state index contributed by atoms with van der Waals surface area (Å²) in [6.07, 6.45) is 2.73. The summed E-state index contributed by atoms with van der Waals surface area (Å²) in [6.45, 7) is 1.47. The van der Waals surface area contributed by atoms with Gasteiger partial charge in [0.2, 0.25) is 11.8 Å². The van der Waals surface area contributed by atoms with Crippen LogP contribution < -0.4 is 21.1 Å². The van der Waals surface area contributed by atoms with Crippen LogP contribution >= 0.6 is 0 Å². The molecule has 0 spiro atoms. The Hall–Kier alpha value is -2.97. The number of piperidine rings is 1. The zero-order valence-electron chi connectivity index (χ0n) is 15.0. The van der Waals surface area contributed by atoms with Crippen LogP contribution in [0.1, 0.15) is 23.2 Å². The molecule has 1 aliphatic rings. The molecule has 2 amide bonds. The van der Waals surface area contributed by atoms with Crippen LogP contribution in [-0.4, -0.2) is 42.6 Å². The normalized spacial score (nSPS) is 15.7. The summed E-state index contributed by atoms with van der Waals surface area (Å²) in [5.41, 5.74) is 5.34. The van der Waals surface area contributed by atoms with Gasteiger partial charge in [0, 0.05) is 18.7 Å². The second-order valence-electron chi connectivity index (χ2n) is 6.28. The molecule has 3 rings (SSSR count). The number of amides is 2. The van der Waals surface area contributed by atoms with Crippen molar-refractivity contribution >= 4 is 17.5 Å². The van der Waals surface area contributed by atoms with Crippen molar-refractivity contribution in [3.05, 3.63) is 48.2 Å². The molecule has 0 bridgehead atoms. The minimum absolute atomic E-state index is 0.184. The van der Waals surface area contributed by atoms with Crippen LogP contribution in [0.4, 0.5) is 5.69 Å². The average molecular weight is 370 g/mol. The highest BCUT2D eigenvalue weighted by molar-refractivity contribution is 5.97. The molecule has 1 aromatic heterocycles. The maximum Gasteiger partial charge on any atom is 0.256 e. The molecule has 0 radical (unpaired) electrons. The Bertz CT molecular complexity index is 817. The maximum absolute atomic E-state index is 12.6. The van der Waals surface area contributed by atoms with Gasteiger partial charge in [-0.2, -0.15) is 0 Å². The molecule has 142 valence electrons. The highest BCUT2D eigenvalue weighted by Crippen LogP contribution is 2.25. The molecule has 27 heavy (non-hydrogen) atoms. The first-order valence-corrected chi connectivity index (χ1v) is 8.63. The molecular weight excluding hydrogens is 348 g/mol. The van der Waals surface area contributed by atoms with Crippen LogP contribution in [-0.2, 0) is 9.53 Å². The van der Waals surface area contributed by atoms with E-state index in [1.165, 1.54) is 6.20 Å². The summed E-state index contributed by atoms with van der Waals surface area (Å²) >= 11 is 0. The minimum atomic E-state index is -0.824. The van der Waals surface area contributed by atoms with Crippen molar-refractivity contribution < 1.29 is 19.1 Å². The smallest absolute Gasteiger partial charge is 0.256 e. The van der Waals surface area contributed by atoms with Gasteiger partial charge in [0.15, 0.2) is 0 Å². The summed E-state index contributed by atoms with van der Waals surface area (Å²) in [5, 5.41) is 6.06. The Morgan fingerprint density at radius 1 is 1.22 bits per heavy atom. The fourth-order valence-electron chi connectivity index (χ4n) is 2.95. The number of carbonyl (C=O) groups is 2. The highest BCUT2D eigenvalue weighted by atomic mass is 16.5. The number of nitrogens with zero attached hydrogens (tertiary/aromatic N) is 1. The standard InChI is InChI=1S/C19H22N4O4/c1-26-19(7-9-21-10-8-19)18(25)23-14-5-6-16(22-12-14)27-15-4-2-3-13(11-15)17(20)24/h2-6,11-12,21H,7-10H2,1H3,(H2,20,24)(H,23,25). The largest absolute Gasteiger partial charge is 0.439 e. The molecule has 0 unspecified atom stereocenters. The van der Waals surface area contributed by atoms with E-state index in [9.17, 15) is 9.59 Å². The topological polar surface area (TPSA) is 116 Å². The lowest BCUT2D eigenvalue weighted by molar-refractivity contribution is -0.140. The molecule has 8 heteroatoms. The fraction of sp³-hybridized carbons (Fsp3) is 0.316. The first kappa shape index (κ1) is 18.8. The maximum atomic E-state index is 12.6. The molecule has 0 atom stereocenters. The number of methoxy groups -OCH3 is 1. The van der Waals surface area contributed by atoms with Crippen molar-refractivity contribution in [3.8, 4) is 11.6 Å². The zero-order valence-corrected chi connectivity index (χ0v) is 15.0. The van der Waals surface area contributed by atoms with Gasteiger partial charge in [0.05, 0.1) is 11.9 Å². The van der Waals surface area contributed by atoms with E-state index in [-0.39, 0.29) is 5.91 Å². The average Bonchev–Trinajstić information content (AvgIpc) is 2.70. The summed E-state index contributed by atoms with van der Waals surface area (Å²) in [4.78, 5) is 28.1. The Morgan fingerprint density at radius 2 is 2.00 bits per heavy atom.